The van der Waals surface area contributed by atoms with E-state index in [1.54, 1.807) is 0 Å². The fourth-order valence-electron chi connectivity index (χ4n) is 3.36. The van der Waals surface area contributed by atoms with Crippen molar-refractivity contribution in [1.29, 1.82) is 0 Å². The van der Waals surface area contributed by atoms with Crippen molar-refractivity contribution in [3.8, 4) is 11.1 Å². The summed E-state index contributed by atoms with van der Waals surface area (Å²) in [5, 5.41) is 0. The lowest BCUT2D eigenvalue weighted by Crippen LogP contribution is -2.01. The highest BCUT2D eigenvalue weighted by molar-refractivity contribution is 5.93. The van der Waals surface area contributed by atoms with Crippen molar-refractivity contribution < 1.29 is 0 Å². The van der Waals surface area contributed by atoms with E-state index in [2.05, 4.69) is 75.2 Å². The molecule has 0 spiro atoms. The zero-order chi connectivity index (χ0) is 18.5. The van der Waals surface area contributed by atoms with E-state index in [-0.39, 0.29) is 0 Å². The summed E-state index contributed by atoms with van der Waals surface area (Å²) in [6, 6.07) is 25.4. The SMILES string of the molecule is CC(C)c1cccc(C(C)C)c1-c1ccccc1C=Nc1ccccc1. The minimum Gasteiger partial charge on any atom is -0.256 e. The maximum atomic E-state index is 4.69. The largest absolute Gasteiger partial charge is 0.256 e. The summed E-state index contributed by atoms with van der Waals surface area (Å²) in [6.07, 6.45) is 1.99. The molecule has 0 atom stereocenters. The van der Waals surface area contributed by atoms with Crippen molar-refractivity contribution in [3.63, 3.8) is 0 Å². The number of aliphatic imine (C=N–C) groups is 1. The Bertz CT molecular complexity index is 863. The third kappa shape index (κ3) is 3.94. The van der Waals surface area contributed by atoms with Crippen molar-refractivity contribution in [3.05, 3.63) is 89.5 Å². The summed E-state index contributed by atoms with van der Waals surface area (Å²) >= 11 is 0. The highest BCUT2D eigenvalue weighted by atomic mass is 14.7. The first-order valence-electron chi connectivity index (χ1n) is 9.39. The van der Waals surface area contributed by atoms with Crippen LogP contribution >= 0.6 is 0 Å². The van der Waals surface area contributed by atoms with Crippen molar-refractivity contribution in [2.45, 2.75) is 39.5 Å². The molecule has 3 aromatic carbocycles. The molecule has 26 heavy (non-hydrogen) atoms. The molecule has 0 aliphatic heterocycles. The van der Waals surface area contributed by atoms with E-state index in [1.165, 1.54) is 22.3 Å². The van der Waals surface area contributed by atoms with Crippen LogP contribution in [0.25, 0.3) is 11.1 Å². The Morgan fingerprint density at radius 2 is 1.23 bits per heavy atom. The standard InChI is InChI=1S/C25H27N/c1-18(2)22-15-10-16-23(19(3)4)25(22)24-14-9-8-11-20(24)17-26-21-12-6-5-7-13-21/h5-19H,1-4H3. The number of hydrogen-bond donors (Lipinski definition) is 0. The molecule has 0 amide bonds. The molecule has 0 unspecified atom stereocenters. The van der Waals surface area contributed by atoms with Crippen LogP contribution in [-0.2, 0) is 0 Å². The van der Waals surface area contributed by atoms with Gasteiger partial charge in [-0.3, -0.25) is 4.99 Å². The molecule has 0 aromatic heterocycles. The third-order valence-corrected chi connectivity index (χ3v) is 4.71. The second kappa shape index (κ2) is 8.14. The normalized spacial score (nSPS) is 11.6. The van der Waals surface area contributed by atoms with E-state index in [0.29, 0.717) is 11.8 Å². The minimum atomic E-state index is 0.475. The van der Waals surface area contributed by atoms with Crippen LogP contribution in [0.3, 0.4) is 0 Å². The predicted molar refractivity (Wildman–Crippen MR) is 114 cm³/mol. The quantitative estimate of drug-likeness (QED) is 0.430. The summed E-state index contributed by atoms with van der Waals surface area (Å²) < 4.78 is 0. The monoisotopic (exact) mass is 341 g/mol. The van der Waals surface area contributed by atoms with Gasteiger partial charge in [-0.15, -0.1) is 0 Å². The summed E-state index contributed by atoms with van der Waals surface area (Å²) in [5.41, 5.74) is 7.57. The second-order valence-electron chi connectivity index (χ2n) is 7.30. The minimum absolute atomic E-state index is 0.475. The maximum absolute atomic E-state index is 4.69. The highest BCUT2D eigenvalue weighted by Gasteiger charge is 2.17. The molecule has 0 N–H and O–H groups in total. The van der Waals surface area contributed by atoms with Gasteiger partial charge in [0.2, 0.25) is 0 Å². The Kier molecular flexibility index (Phi) is 5.68. The van der Waals surface area contributed by atoms with Crippen molar-refractivity contribution >= 4 is 11.9 Å². The molecule has 0 aliphatic rings. The Labute approximate surface area is 157 Å². The van der Waals surface area contributed by atoms with E-state index >= 15 is 0 Å². The van der Waals surface area contributed by atoms with Crippen molar-refractivity contribution in [2.24, 2.45) is 4.99 Å². The molecular weight excluding hydrogens is 314 g/mol. The van der Waals surface area contributed by atoms with Gasteiger partial charge < -0.3 is 0 Å². The molecule has 3 rings (SSSR count). The number of rotatable bonds is 5. The van der Waals surface area contributed by atoms with E-state index in [1.807, 2.05) is 36.5 Å². The first-order valence-corrected chi connectivity index (χ1v) is 9.39. The van der Waals surface area contributed by atoms with E-state index in [9.17, 15) is 0 Å². The number of para-hydroxylation sites is 1. The van der Waals surface area contributed by atoms with Gasteiger partial charge in [0, 0.05) is 11.8 Å². The fourth-order valence-corrected chi connectivity index (χ4v) is 3.36. The summed E-state index contributed by atoms with van der Waals surface area (Å²) in [6.45, 7) is 9.07. The average molecular weight is 341 g/mol. The van der Waals surface area contributed by atoms with Crippen LogP contribution in [0.5, 0.6) is 0 Å². The molecule has 0 heterocycles. The third-order valence-electron chi connectivity index (χ3n) is 4.71. The van der Waals surface area contributed by atoms with E-state index < -0.39 is 0 Å². The van der Waals surface area contributed by atoms with Gasteiger partial charge in [-0.1, -0.05) is 88.4 Å². The molecular formula is C25H27N. The van der Waals surface area contributed by atoms with Gasteiger partial charge in [-0.2, -0.15) is 0 Å². The van der Waals surface area contributed by atoms with Gasteiger partial charge in [0.25, 0.3) is 0 Å². The molecule has 1 heteroatoms. The zero-order valence-electron chi connectivity index (χ0n) is 16.1. The predicted octanol–water partition coefficient (Wildman–Crippen LogP) is 7.35. The molecule has 0 bridgehead atoms. The molecule has 0 radical (unpaired) electrons. The van der Waals surface area contributed by atoms with Gasteiger partial charge in [0.05, 0.1) is 5.69 Å². The van der Waals surface area contributed by atoms with Crippen LogP contribution in [0.1, 0.15) is 56.2 Å². The lowest BCUT2D eigenvalue weighted by Gasteiger charge is -2.21. The van der Waals surface area contributed by atoms with Crippen molar-refractivity contribution in [1.82, 2.24) is 0 Å². The average Bonchev–Trinajstić information content (AvgIpc) is 2.66. The fraction of sp³-hybridized carbons (Fsp3) is 0.240. The van der Waals surface area contributed by atoms with Crippen molar-refractivity contribution in [2.75, 3.05) is 0 Å². The lowest BCUT2D eigenvalue weighted by atomic mass is 9.83. The molecule has 1 nitrogen and oxygen atoms in total. The Morgan fingerprint density at radius 3 is 1.85 bits per heavy atom. The molecule has 132 valence electrons. The smallest absolute Gasteiger partial charge is 0.0629 e. The van der Waals surface area contributed by atoms with E-state index in [4.69, 9.17) is 0 Å². The van der Waals surface area contributed by atoms with Crippen LogP contribution in [0.15, 0.2) is 77.8 Å². The Morgan fingerprint density at radius 1 is 0.654 bits per heavy atom. The van der Waals surface area contributed by atoms with Gasteiger partial charge in [0.1, 0.15) is 0 Å². The van der Waals surface area contributed by atoms with Crippen LogP contribution in [0.4, 0.5) is 5.69 Å². The highest BCUT2D eigenvalue weighted by Crippen LogP contribution is 2.37. The van der Waals surface area contributed by atoms with Gasteiger partial charge in [0.15, 0.2) is 0 Å². The molecule has 0 saturated heterocycles. The first kappa shape index (κ1) is 18.1. The van der Waals surface area contributed by atoms with Crippen LogP contribution in [0, 0.1) is 0 Å². The van der Waals surface area contributed by atoms with Crippen LogP contribution in [-0.4, -0.2) is 6.21 Å². The van der Waals surface area contributed by atoms with E-state index in [0.717, 1.165) is 11.3 Å². The Balaban J connectivity index is 2.15. The molecule has 0 saturated carbocycles. The summed E-state index contributed by atoms with van der Waals surface area (Å²) in [7, 11) is 0. The number of hydrogen-bond acceptors (Lipinski definition) is 1. The van der Waals surface area contributed by atoms with Crippen LogP contribution < -0.4 is 0 Å². The number of benzene rings is 3. The molecule has 0 fully saturated rings. The lowest BCUT2D eigenvalue weighted by molar-refractivity contribution is 0.838. The molecule has 3 aromatic rings. The van der Waals surface area contributed by atoms with Gasteiger partial charge in [-0.05, 0) is 46.2 Å². The zero-order valence-corrected chi connectivity index (χ0v) is 16.1. The topological polar surface area (TPSA) is 12.4 Å². The first-order chi connectivity index (χ1) is 12.6. The number of nitrogens with zero attached hydrogens (tertiary/aromatic N) is 1. The second-order valence-corrected chi connectivity index (χ2v) is 7.30. The maximum Gasteiger partial charge on any atom is 0.0629 e. The van der Waals surface area contributed by atoms with Crippen LogP contribution in [0.2, 0.25) is 0 Å². The Hall–Kier alpha value is -2.67. The summed E-state index contributed by atoms with van der Waals surface area (Å²) in [4.78, 5) is 4.69. The molecule has 0 aliphatic carbocycles. The van der Waals surface area contributed by atoms with Gasteiger partial charge >= 0.3 is 0 Å². The van der Waals surface area contributed by atoms with Gasteiger partial charge in [-0.25, -0.2) is 0 Å². The summed E-state index contributed by atoms with van der Waals surface area (Å²) in [5.74, 6) is 0.950.